The van der Waals surface area contributed by atoms with E-state index in [4.69, 9.17) is 5.84 Å². The molecule has 1 aromatic carbocycles. The van der Waals surface area contributed by atoms with Crippen molar-refractivity contribution in [1.82, 2.24) is 15.2 Å². The van der Waals surface area contributed by atoms with Crippen LogP contribution in [0.15, 0.2) is 24.3 Å². The standard InChI is InChI=1S/C15H22N4O/c16-17-15(20)13-5-3-12(4-6-13)10-18-8-9-19-7-1-2-14(19)11-18/h3-6,14H,1-2,7-11,16H2,(H,17,20)/t14-/m1/s1. The van der Waals surface area contributed by atoms with Gasteiger partial charge in [-0.2, -0.15) is 0 Å². The fraction of sp³-hybridized carbons (Fsp3) is 0.533. The molecule has 5 nitrogen and oxygen atoms in total. The number of nitrogen functional groups attached to an aromatic ring is 1. The molecule has 1 aromatic rings. The number of piperazine rings is 1. The number of carbonyl (C=O) groups is 1. The van der Waals surface area contributed by atoms with Crippen molar-refractivity contribution in [1.29, 1.82) is 0 Å². The maximum atomic E-state index is 11.4. The first-order valence-corrected chi connectivity index (χ1v) is 7.32. The molecule has 0 radical (unpaired) electrons. The molecule has 0 unspecified atom stereocenters. The molecule has 1 atom stereocenters. The van der Waals surface area contributed by atoms with Crippen molar-refractivity contribution < 1.29 is 4.79 Å². The third-order valence-corrected chi connectivity index (χ3v) is 4.42. The van der Waals surface area contributed by atoms with Crippen molar-refractivity contribution >= 4 is 5.91 Å². The van der Waals surface area contributed by atoms with Gasteiger partial charge in [0.1, 0.15) is 0 Å². The molecule has 0 aliphatic carbocycles. The Hall–Kier alpha value is -1.43. The maximum Gasteiger partial charge on any atom is 0.265 e. The molecule has 2 aliphatic rings. The topological polar surface area (TPSA) is 61.6 Å². The molecule has 2 heterocycles. The highest BCUT2D eigenvalue weighted by Crippen LogP contribution is 2.22. The van der Waals surface area contributed by atoms with Crippen LogP contribution in [0.4, 0.5) is 0 Å². The van der Waals surface area contributed by atoms with Crippen molar-refractivity contribution in [3.63, 3.8) is 0 Å². The fourth-order valence-electron chi connectivity index (χ4n) is 3.30. The Bertz CT molecular complexity index is 473. The highest BCUT2D eigenvalue weighted by atomic mass is 16.2. The largest absolute Gasteiger partial charge is 0.298 e. The Morgan fingerprint density at radius 2 is 2.05 bits per heavy atom. The van der Waals surface area contributed by atoms with Crippen LogP contribution in [0.3, 0.4) is 0 Å². The summed E-state index contributed by atoms with van der Waals surface area (Å²) >= 11 is 0. The normalized spacial score (nSPS) is 23.6. The van der Waals surface area contributed by atoms with Crippen molar-refractivity contribution in [3.8, 4) is 0 Å². The van der Waals surface area contributed by atoms with E-state index < -0.39 is 0 Å². The zero-order valence-electron chi connectivity index (χ0n) is 11.7. The van der Waals surface area contributed by atoms with Gasteiger partial charge < -0.3 is 0 Å². The van der Waals surface area contributed by atoms with Crippen LogP contribution >= 0.6 is 0 Å². The lowest BCUT2D eigenvalue weighted by Gasteiger charge is -2.37. The van der Waals surface area contributed by atoms with E-state index in [1.54, 1.807) is 0 Å². The van der Waals surface area contributed by atoms with E-state index in [1.807, 2.05) is 24.3 Å². The molecule has 0 aromatic heterocycles. The van der Waals surface area contributed by atoms with Crippen LogP contribution in [-0.2, 0) is 6.54 Å². The summed E-state index contributed by atoms with van der Waals surface area (Å²) in [4.78, 5) is 16.5. The Kier molecular flexibility index (Phi) is 4.00. The molecular formula is C15H22N4O. The number of hydrazine groups is 1. The lowest BCUT2D eigenvalue weighted by molar-refractivity contribution is 0.0953. The van der Waals surface area contributed by atoms with Crippen molar-refractivity contribution in [3.05, 3.63) is 35.4 Å². The van der Waals surface area contributed by atoms with Crippen LogP contribution in [0.5, 0.6) is 0 Å². The second-order valence-corrected chi connectivity index (χ2v) is 5.74. The molecule has 1 amide bonds. The second kappa shape index (κ2) is 5.91. The molecule has 2 saturated heterocycles. The molecule has 0 bridgehead atoms. The number of carbonyl (C=O) groups excluding carboxylic acids is 1. The fourth-order valence-corrected chi connectivity index (χ4v) is 3.30. The minimum absolute atomic E-state index is 0.240. The number of rotatable bonds is 3. The summed E-state index contributed by atoms with van der Waals surface area (Å²) in [6.45, 7) is 5.75. The third-order valence-electron chi connectivity index (χ3n) is 4.42. The van der Waals surface area contributed by atoms with Crippen LogP contribution in [0.2, 0.25) is 0 Å². The minimum Gasteiger partial charge on any atom is -0.298 e. The van der Waals surface area contributed by atoms with Crippen LogP contribution < -0.4 is 11.3 Å². The summed E-state index contributed by atoms with van der Waals surface area (Å²) in [6, 6.07) is 8.47. The number of hydrogen-bond acceptors (Lipinski definition) is 4. The van der Waals surface area contributed by atoms with Gasteiger partial charge in [0.15, 0.2) is 0 Å². The first kappa shape index (κ1) is 13.5. The Morgan fingerprint density at radius 3 is 2.80 bits per heavy atom. The molecule has 5 heteroatoms. The highest BCUT2D eigenvalue weighted by molar-refractivity contribution is 5.93. The molecule has 0 saturated carbocycles. The van der Waals surface area contributed by atoms with E-state index in [1.165, 1.54) is 38.0 Å². The summed E-state index contributed by atoms with van der Waals surface area (Å²) in [6.07, 6.45) is 2.69. The van der Waals surface area contributed by atoms with Crippen molar-refractivity contribution in [2.45, 2.75) is 25.4 Å². The lowest BCUT2D eigenvalue weighted by Crippen LogP contribution is -2.49. The first-order chi connectivity index (χ1) is 9.76. The van der Waals surface area contributed by atoms with E-state index in [0.29, 0.717) is 5.56 Å². The Labute approximate surface area is 119 Å². The Balaban J connectivity index is 1.59. The average molecular weight is 274 g/mol. The number of benzene rings is 1. The molecule has 0 spiro atoms. The Morgan fingerprint density at radius 1 is 1.25 bits per heavy atom. The van der Waals surface area contributed by atoms with E-state index in [2.05, 4.69) is 15.2 Å². The van der Waals surface area contributed by atoms with Gasteiger partial charge in [-0.3, -0.25) is 20.0 Å². The van der Waals surface area contributed by atoms with E-state index in [-0.39, 0.29) is 5.91 Å². The average Bonchev–Trinajstić information content (AvgIpc) is 2.95. The third kappa shape index (κ3) is 2.85. The number of nitrogens with one attached hydrogen (secondary N) is 1. The molecule has 2 fully saturated rings. The maximum absolute atomic E-state index is 11.4. The number of amides is 1. The van der Waals surface area contributed by atoms with Gasteiger partial charge in [0.25, 0.3) is 5.91 Å². The van der Waals surface area contributed by atoms with Gasteiger partial charge in [0.05, 0.1) is 0 Å². The number of nitrogens with two attached hydrogens (primary N) is 1. The van der Waals surface area contributed by atoms with Gasteiger partial charge in [0, 0.05) is 37.8 Å². The summed E-state index contributed by atoms with van der Waals surface area (Å²) in [5.41, 5.74) is 4.02. The zero-order chi connectivity index (χ0) is 13.9. The number of hydrogen-bond donors (Lipinski definition) is 2. The number of fused-ring (bicyclic) bond motifs is 1. The summed E-state index contributed by atoms with van der Waals surface area (Å²) in [7, 11) is 0. The molecular weight excluding hydrogens is 252 g/mol. The van der Waals surface area contributed by atoms with Gasteiger partial charge >= 0.3 is 0 Å². The predicted octanol–water partition coefficient (Wildman–Crippen LogP) is 0.570. The first-order valence-electron chi connectivity index (χ1n) is 7.32. The van der Waals surface area contributed by atoms with Crippen LogP contribution in [0.1, 0.15) is 28.8 Å². The molecule has 3 N–H and O–H groups in total. The zero-order valence-corrected chi connectivity index (χ0v) is 11.7. The van der Waals surface area contributed by atoms with Crippen LogP contribution in [0, 0.1) is 0 Å². The SMILES string of the molecule is NNC(=O)c1ccc(CN2CCN3CCC[C@@H]3C2)cc1. The number of nitrogens with zero attached hydrogens (tertiary/aromatic N) is 2. The highest BCUT2D eigenvalue weighted by Gasteiger charge is 2.30. The van der Waals surface area contributed by atoms with Gasteiger partial charge in [0.2, 0.25) is 0 Å². The minimum atomic E-state index is -0.240. The second-order valence-electron chi connectivity index (χ2n) is 5.74. The summed E-state index contributed by atoms with van der Waals surface area (Å²) in [5.74, 6) is 4.89. The molecule has 3 rings (SSSR count). The predicted molar refractivity (Wildman–Crippen MR) is 78.0 cm³/mol. The lowest BCUT2D eigenvalue weighted by atomic mass is 10.1. The quantitative estimate of drug-likeness (QED) is 0.480. The molecule has 20 heavy (non-hydrogen) atoms. The smallest absolute Gasteiger partial charge is 0.265 e. The van der Waals surface area contributed by atoms with E-state index in [0.717, 1.165) is 19.1 Å². The van der Waals surface area contributed by atoms with Gasteiger partial charge in [-0.05, 0) is 37.1 Å². The summed E-state index contributed by atoms with van der Waals surface area (Å²) < 4.78 is 0. The molecule has 108 valence electrons. The van der Waals surface area contributed by atoms with Crippen molar-refractivity contribution in [2.75, 3.05) is 26.2 Å². The molecule has 2 aliphatic heterocycles. The van der Waals surface area contributed by atoms with Gasteiger partial charge in [-0.1, -0.05) is 12.1 Å². The van der Waals surface area contributed by atoms with Crippen LogP contribution in [-0.4, -0.2) is 47.9 Å². The van der Waals surface area contributed by atoms with E-state index >= 15 is 0 Å². The monoisotopic (exact) mass is 274 g/mol. The van der Waals surface area contributed by atoms with Crippen LogP contribution in [0.25, 0.3) is 0 Å². The van der Waals surface area contributed by atoms with Gasteiger partial charge in [-0.15, -0.1) is 0 Å². The van der Waals surface area contributed by atoms with Crippen molar-refractivity contribution in [2.24, 2.45) is 5.84 Å². The van der Waals surface area contributed by atoms with Gasteiger partial charge in [-0.25, -0.2) is 5.84 Å². The van der Waals surface area contributed by atoms with E-state index in [9.17, 15) is 4.79 Å². The summed E-state index contributed by atoms with van der Waals surface area (Å²) in [5, 5.41) is 0.